The van der Waals surface area contributed by atoms with Crippen molar-refractivity contribution in [1.29, 1.82) is 0 Å². The van der Waals surface area contributed by atoms with Gasteiger partial charge in [-0.25, -0.2) is 4.68 Å². The van der Waals surface area contributed by atoms with Crippen molar-refractivity contribution in [3.05, 3.63) is 76.8 Å². The van der Waals surface area contributed by atoms with Crippen LogP contribution in [0.4, 0.5) is 0 Å². The lowest BCUT2D eigenvalue weighted by atomic mass is 10.0. The van der Waals surface area contributed by atoms with Crippen molar-refractivity contribution in [3.63, 3.8) is 0 Å². The van der Waals surface area contributed by atoms with Gasteiger partial charge in [-0.05, 0) is 45.0 Å². The second-order valence-electron chi connectivity index (χ2n) is 6.79. The van der Waals surface area contributed by atoms with Crippen LogP contribution >= 0.6 is 23.4 Å². The number of ether oxygens (including phenoxy) is 1. The number of nitrogens with one attached hydrogen (secondary N) is 1. The van der Waals surface area contributed by atoms with Gasteiger partial charge in [0.25, 0.3) is 0 Å². The number of aromatic nitrogens is 4. The first-order valence-electron chi connectivity index (χ1n) is 9.64. The number of tetrazole rings is 1. The topological polar surface area (TPSA) is 64.9 Å². The van der Waals surface area contributed by atoms with E-state index in [2.05, 4.69) is 51.2 Å². The summed E-state index contributed by atoms with van der Waals surface area (Å²) in [5.41, 5.74) is 2.20. The van der Waals surface area contributed by atoms with E-state index in [9.17, 15) is 0 Å². The van der Waals surface area contributed by atoms with Gasteiger partial charge in [-0.3, -0.25) is 0 Å². The molecule has 0 amide bonds. The maximum atomic E-state index is 6.18. The fraction of sp³-hybridized carbons (Fsp3) is 0.227. The Hall–Kier alpha value is -2.61. The Morgan fingerprint density at radius 1 is 1.10 bits per heavy atom. The van der Waals surface area contributed by atoms with E-state index in [1.54, 1.807) is 16.4 Å². The number of rotatable bonds is 9. The Bertz CT molecular complexity index is 1130. The number of hydrogen-bond acceptors (Lipinski definition) is 6. The van der Waals surface area contributed by atoms with Crippen LogP contribution in [0.2, 0.25) is 5.02 Å². The molecule has 0 spiro atoms. The molecule has 1 heterocycles. The largest absolute Gasteiger partial charge is 0.489 e. The Balaban J connectivity index is 1.44. The van der Waals surface area contributed by atoms with Crippen LogP contribution in [0.1, 0.15) is 11.1 Å². The van der Waals surface area contributed by atoms with E-state index in [-0.39, 0.29) is 0 Å². The van der Waals surface area contributed by atoms with Crippen LogP contribution in [0.15, 0.2) is 65.8 Å². The monoisotopic (exact) mass is 439 g/mol. The number of aryl methyl sites for hydroxylation is 1. The Kier molecular flexibility index (Phi) is 6.84. The van der Waals surface area contributed by atoms with Crippen molar-refractivity contribution >= 4 is 34.1 Å². The fourth-order valence-electron chi connectivity index (χ4n) is 3.19. The molecular formula is C22H22ClN5OS. The van der Waals surface area contributed by atoms with Crippen molar-refractivity contribution in [2.75, 3.05) is 12.3 Å². The summed E-state index contributed by atoms with van der Waals surface area (Å²) < 4.78 is 7.86. The predicted octanol–water partition coefficient (Wildman–Crippen LogP) is 4.48. The van der Waals surface area contributed by atoms with Crippen molar-refractivity contribution in [2.45, 2.75) is 18.3 Å². The minimum absolute atomic E-state index is 0.473. The van der Waals surface area contributed by atoms with E-state index in [1.807, 2.05) is 37.4 Å². The van der Waals surface area contributed by atoms with E-state index in [0.717, 1.165) is 34.3 Å². The third kappa shape index (κ3) is 5.11. The highest BCUT2D eigenvalue weighted by Crippen LogP contribution is 2.29. The zero-order valence-electron chi connectivity index (χ0n) is 16.6. The van der Waals surface area contributed by atoms with Gasteiger partial charge in [0.1, 0.15) is 12.4 Å². The van der Waals surface area contributed by atoms with Crippen LogP contribution in [-0.2, 0) is 20.2 Å². The molecule has 0 radical (unpaired) electrons. The Labute approximate surface area is 184 Å². The lowest BCUT2D eigenvalue weighted by molar-refractivity contribution is 0.303. The van der Waals surface area contributed by atoms with Crippen LogP contribution in [0, 0.1) is 0 Å². The maximum absolute atomic E-state index is 6.18. The normalized spacial score (nSPS) is 11.1. The van der Waals surface area contributed by atoms with Crippen molar-refractivity contribution < 1.29 is 4.74 Å². The van der Waals surface area contributed by atoms with Crippen LogP contribution in [-0.4, -0.2) is 32.5 Å². The first kappa shape index (κ1) is 20.7. The molecule has 0 aliphatic rings. The standard InChI is InChI=1S/C22H22ClN5OS/c1-28-22(25-26-27-28)30-12-11-24-14-20-19-8-3-2-6-17(19)9-10-21(20)29-15-16-5-4-7-18(23)13-16/h2-10,13,24H,11-12,14-15H2,1H3. The quantitative estimate of drug-likeness (QED) is 0.306. The third-order valence-corrected chi connectivity index (χ3v) is 5.92. The minimum atomic E-state index is 0.473. The average molecular weight is 440 g/mol. The van der Waals surface area contributed by atoms with Crippen LogP contribution in [0.3, 0.4) is 0 Å². The maximum Gasteiger partial charge on any atom is 0.209 e. The number of fused-ring (bicyclic) bond motifs is 1. The van der Waals surface area contributed by atoms with E-state index in [1.165, 1.54) is 10.8 Å². The molecule has 0 bridgehead atoms. The molecule has 30 heavy (non-hydrogen) atoms. The molecule has 3 aromatic carbocycles. The van der Waals surface area contributed by atoms with Crippen LogP contribution < -0.4 is 10.1 Å². The van der Waals surface area contributed by atoms with E-state index in [0.29, 0.717) is 18.2 Å². The summed E-state index contributed by atoms with van der Waals surface area (Å²) in [5.74, 6) is 1.75. The van der Waals surface area contributed by atoms with Crippen LogP contribution in [0.25, 0.3) is 10.8 Å². The summed E-state index contributed by atoms with van der Waals surface area (Å²) in [6.07, 6.45) is 0. The lowest BCUT2D eigenvalue weighted by Crippen LogP contribution is -2.17. The Morgan fingerprint density at radius 2 is 2.00 bits per heavy atom. The van der Waals surface area contributed by atoms with E-state index < -0.39 is 0 Å². The molecule has 154 valence electrons. The molecule has 0 saturated heterocycles. The van der Waals surface area contributed by atoms with Gasteiger partial charge < -0.3 is 10.1 Å². The molecule has 8 heteroatoms. The van der Waals surface area contributed by atoms with Gasteiger partial charge in [0, 0.05) is 36.5 Å². The SMILES string of the molecule is Cn1nnnc1SCCNCc1c(OCc2cccc(Cl)c2)ccc2ccccc12. The summed E-state index contributed by atoms with van der Waals surface area (Å²) in [6, 6.07) is 20.3. The van der Waals surface area contributed by atoms with Gasteiger partial charge >= 0.3 is 0 Å². The molecule has 1 N–H and O–H groups in total. The summed E-state index contributed by atoms with van der Waals surface area (Å²) in [4.78, 5) is 0. The fourth-order valence-corrected chi connectivity index (χ4v) is 4.15. The average Bonchev–Trinajstić information content (AvgIpc) is 3.17. The molecule has 0 saturated carbocycles. The predicted molar refractivity (Wildman–Crippen MR) is 121 cm³/mol. The molecule has 1 aromatic heterocycles. The molecule has 0 unspecified atom stereocenters. The number of benzene rings is 3. The molecule has 4 aromatic rings. The van der Waals surface area contributed by atoms with Crippen molar-refractivity contribution in [1.82, 2.24) is 25.5 Å². The van der Waals surface area contributed by atoms with E-state index in [4.69, 9.17) is 16.3 Å². The van der Waals surface area contributed by atoms with Crippen LogP contribution in [0.5, 0.6) is 5.75 Å². The van der Waals surface area contributed by atoms with Gasteiger partial charge in [-0.2, -0.15) is 0 Å². The van der Waals surface area contributed by atoms with Gasteiger partial charge in [0.2, 0.25) is 5.16 Å². The third-order valence-electron chi connectivity index (χ3n) is 4.67. The second-order valence-corrected chi connectivity index (χ2v) is 8.29. The molecule has 0 aliphatic heterocycles. The first-order chi connectivity index (χ1) is 14.7. The molecule has 6 nitrogen and oxygen atoms in total. The number of halogens is 1. The Morgan fingerprint density at radius 3 is 2.83 bits per heavy atom. The molecular weight excluding hydrogens is 418 g/mol. The molecule has 4 rings (SSSR count). The first-order valence-corrected chi connectivity index (χ1v) is 11.0. The summed E-state index contributed by atoms with van der Waals surface area (Å²) in [7, 11) is 1.84. The summed E-state index contributed by atoms with van der Waals surface area (Å²) >= 11 is 7.73. The molecule has 0 atom stereocenters. The summed E-state index contributed by atoms with van der Waals surface area (Å²) in [6.45, 7) is 2.01. The number of hydrogen-bond donors (Lipinski definition) is 1. The van der Waals surface area contributed by atoms with Gasteiger partial charge in [0.15, 0.2) is 0 Å². The molecule has 0 aliphatic carbocycles. The smallest absolute Gasteiger partial charge is 0.209 e. The summed E-state index contributed by atoms with van der Waals surface area (Å²) in [5, 5.41) is 18.9. The van der Waals surface area contributed by atoms with Gasteiger partial charge in [0.05, 0.1) is 0 Å². The highest BCUT2D eigenvalue weighted by atomic mass is 35.5. The lowest BCUT2D eigenvalue weighted by Gasteiger charge is -2.15. The van der Waals surface area contributed by atoms with Crippen molar-refractivity contribution in [3.8, 4) is 5.75 Å². The van der Waals surface area contributed by atoms with Gasteiger partial charge in [-0.1, -0.05) is 65.8 Å². The minimum Gasteiger partial charge on any atom is -0.489 e. The van der Waals surface area contributed by atoms with Crippen molar-refractivity contribution in [2.24, 2.45) is 7.05 Å². The van der Waals surface area contributed by atoms with Gasteiger partial charge in [-0.15, -0.1) is 5.10 Å². The second kappa shape index (κ2) is 9.93. The molecule has 0 fully saturated rings. The highest BCUT2D eigenvalue weighted by molar-refractivity contribution is 7.99. The zero-order valence-corrected chi connectivity index (χ0v) is 18.2. The number of thioether (sulfide) groups is 1. The highest BCUT2D eigenvalue weighted by Gasteiger charge is 2.10. The zero-order chi connectivity index (χ0) is 20.8. The van der Waals surface area contributed by atoms with E-state index >= 15 is 0 Å². The number of nitrogens with zero attached hydrogens (tertiary/aromatic N) is 4.